The number of imide groups is 1. The highest BCUT2D eigenvalue weighted by atomic mass is 35.6. The first-order valence-corrected chi connectivity index (χ1v) is 9.58. The number of benzene rings is 1. The summed E-state index contributed by atoms with van der Waals surface area (Å²) in [5.41, 5.74) is -1.35. The fourth-order valence-electron chi connectivity index (χ4n) is 3.23. The fourth-order valence-corrected chi connectivity index (χ4v) is 3.49. The van der Waals surface area contributed by atoms with Crippen molar-refractivity contribution in [3.8, 4) is 0 Å². The number of urea groups is 1. The minimum absolute atomic E-state index is 0.0489. The van der Waals surface area contributed by atoms with Crippen LogP contribution >= 0.6 is 34.8 Å². The van der Waals surface area contributed by atoms with Crippen LogP contribution in [0.1, 0.15) is 12.5 Å². The minimum Gasteiger partial charge on any atom is -0.370 e. The number of aliphatic hydroxyl groups is 1. The number of carbonyl (C=O) groups excluding carboxylic acids is 2. The summed E-state index contributed by atoms with van der Waals surface area (Å²) in [6.45, 7) is 1.34. The molecule has 12 heteroatoms. The van der Waals surface area contributed by atoms with E-state index in [-0.39, 0.29) is 12.1 Å². The highest BCUT2D eigenvalue weighted by molar-refractivity contribution is 6.76. The maximum absolute atomic E-state index is 14.0. The van der Waals surface area contributed by atoms with E-state index in [1.165, 1.54) is 11.1 Å². The Bertz CT molecular complexity index is 995. The number of hydrogen-bond acceptors (Lipinski definition) is 5. The smallest absolute Gasteiger partial charge is 0.331 e. The van der Waals surface area contributed by atoms with E-state index in [9.17, 15) is 23.5 Å². The Morgan fingerprint density at radius 2 is 2.00 bits per heavy atom. The molecule has 1 aromatic rings. The van der Waals surface area contributed by atoms with Gasteiger partial charge < -0.3 is 15.3 Å². The van der Waals surface area contributed by atoms with Crippen LogP contribution in [0, 0.1) is 17.0 Å². The topological polar surface area (TPSA) is 96.7 Å². The van der Waals surface area contributed by atoms with Gasteiger partial charge in [-0.3, -0.25) is 10.2 Å². The Morgan fingerprint density at radius 1 is 1.33 bits per heavy atom. The Balaban J connectivity index is 2.11. The van der Waals surface area contributed by atoms with Crippen molar-refractivity contribution in [2.24, 2.45) is 0 Å². The Hall–Kier alpha value is -2.20. The maximum atomic E-state index is 14.0. The zero-order valence-corrected chi connectivity index (χ0v) is 17.6. The molecule has 0 bridgehead atoms. The number of halogens is 5. The predicted octanol–water partition coefficient (Wildman–Crippen LogP) is 3.15. The molecule has 1 fully saturated rings. The second-order valence-electron chi connectivity index (χ2n) is 6.75. The maximum Gasteiger partial charge on any atom is 0.331 e. The minimum atomic E-state index is -2.54. The van der Waals surface area contributed by atoms with Gasteiger partial charge in [-0.25, -0.2) is 18.5 Å². The molecule has 0 saturated carbocycles. The third-order valence-corrected chi connectivity index (χ3v) is 5.27. The first-order chi connectivity index (χ1) is 13.9. The number of nitrogens with zero attached hydrogens (tertiary/aromatic N) is 2. The van der Waals surface area contributed by atoms with Gasteiger partial charge >= 0.3 is 6.03 Å². The van der Waals surface area contributed by atoms with Crippen LogP contribution in [-0.2, 0) is 10.3 Å². The van der Waals surface area contributed by atoms with Crippen molar-refractivity contribution in [2.45, 2.75) is 22.5 Å². The van der Waals surface area contributed by atoms with E-state index < -0.39 is 45.0 Å². The molecule has 0 spiro atoms. The number of aliphatic hydroxyl groups excluding tert-OH is 1. The first kappa shape index (κ1) is 22.5. The Labute approximate surface area is 185 Å². The van der Waals surface area contributed by atoms with Crippen LogP contribution in [0.2, 0.25) is 0 Å². The van der Waals surface area contributed by atoms with E-state index in [0.717, 1.165) is 18.2 Å². The molecule has 1 saturated heterocycles. The quantitative estimate of drug-likeness (QED) is 0.580. The van der Waals surface area contributed by atoms with Crippen LogP contribution < -0.4 is 5.32 Å². The third kappa shape index (κ3) is 3.78. The second-order valence-corrected chi connectivity index (χ2v) is 9.03. The zero-order valence-electron chi connectivity index (χ0n) is 15.3. The van der Waals surface area contributed by atoms with Gasteiger partial charge in [-0.15, -0.1) is 0 Å². The highest BCUT2D eigenvalue weighted by Crippen LogP contribution is 2.37. The highest BCUT2D eigenvalue weighted by Gasteiger charge is 2.56. The Morgan fingerprint density at radius 3 is 2.60 bits per heavy atom. The van der Waals surface area contributed by atoms with E-state index in [1.54, 1.807) is 19.1 Å². The molecule has 2 unspecified atom stereocenters. The largest absolute Gasteiger partial charge is 0.370 e. The summed E-state index contributed by atoms with van der Waals surface area (Å²) in [7, 11) is 0. The molecule has 3 amide bonds. The van der Waals surface area contributed by atoms with E-state index in [0.29, 0.717) is 10.5 Å². The van der Waals surface area contributed by atoms with Crippen molar-refractivity contribution in [3.05, 3.63) is 59.3 Å². The van der Waals surface area contributed by atoms with Crippen LogP contribution in [0.3, 0.4) is 0 Å². The number of nitrogens with one attached hydrogen (secondary N) is 2. The van der Waals surface area contributed by atoms with Gasteiger partial charge in [-0.05, 0) is 36.3 Å². The normalized spacial score (nSPS) is 24.2. The molecule has 7 nitrogen and oxygen atoms in total. The van der Waals surface area contributed by atoms with Crippen LogP contribution in [0.25, 0.3) is 0 Å². The number of hydrogen-bond donors (Lipinski definition) is 3. The van der Waals surface area contributed by atoms with Gasteiger partial charge in [0.25, 0.3) is 9.70 Å². The van der Waals surface area contributed by atoms with Gasteiger partial charge in [-0.1, -0.05) is 46.9 Å². The number of rotatable bonds is 3. The molecule has 2 heterocycles. The molecule has 2 aliphatic rings. The summed E-state index contributed by atoms with van der Waals surface area (Å²) in [6, 6.07) is 1.66. The first-order valence-electron chi connectivity index (χ1n) is 8.45. The van der Waals surface area contributed by atoms with E-state index in [1.807, 2.05) is 0 Å². The van der Waals surface area contributed by atoms with Gasteiger partial charge in [0.1, 0.15) is 17.6 Å². The SMILES string of the molecule is CC1=CC=CN(CC2(c3ccc(F)c(F)c3)NC(=O)N(C(=O)C(Cl)(Cl)Cl)C2=N)C1O. The molecular formula is C18H15Cl3F2N4O3. The number of amidine groups is 1. The number of allylic oxidation sites excluding steroid dienone is 2. The lowest BCUT2D eigenvalue weighted by molar-refractivity contribution is -0.124. The summed E-state index contributed by atoms with van der Waals surface area (Å²) in [5, 5.41) is 21.4. The van der Waals surface area contributed by atoms with E-state index in [2.05, 4.69) is 5.32 Å². The van der Waals surface area contributed by atoms with E-state index >= 15 is 0 Å². The van der Waals surface area contributed by atoms with Crippen LogP contribution in [-0.4, -0.2) is 49.2 Å². The zero-order chi connectivity index (χ0) is 22.4. The average molecular weight is 480 g/mol. The molecule has 0 radical (unpaired) electrons. The van der Waals surface area contributed by atoms with Gasteiger partial charge in [0, 0.05) is 6.20 Å². The summed E-state index contributed by atoms with van der Waals surface area (Å²) < 4.78 is 25.0. The van der Waals surface area contributed by atoms with E-state index in [4.69, 9.17) is 40.2 Å². The predicted molar refractivity (Wildman–Crippen MR) is 107 cm³/mol. The Kier molecular flexibility index (Phi) is 5.85. The van der Waals surface area contributed by atoms with Crippen molar-refractivity contribution >= 4 is 52.6 Å². The molecule has 160 valence electrons. The fraction of sp³-hybridized carbons (Fsp3) is 0.278. The summed E-state index contributed by atoms with van der Waals surface area (Å²) in [5.74, 6) is -4.37. The molecule has 2 aliphatic heterocycles. The third-order valence-electron chi connectivity index (χ3n) is 4.79. The molecule has 30 heavy (non-hydrogen) atoms. The molecule has 1 aromatic carbocycles. The molecule has 3 rings (SSSR count). The van der Waals surface area contributed by atoms with Crippen LogP contribution in [0.4, 0.5) is 13.6 Å². The lowest BCUT2D eigenvalue weighted by Gasteiger charge is -2.38. The molecule has 0 aromatic heterocycles. The number of carbonyl (C=O) groups is 2. The molecular weight excluding hydrogens is 465 g/mol. The lowest BCUT2D eigenvalue weighted by Crippen LogP contribution is -2.54. The van der Waals surface area contributed by atoms with Gasteiger partial charge in [-0.2, -0.15) is 0 Å². The molecule has 3 N–H and O–H groups in total. The van der Waals surface area contributed by atoms with Crippen molar-refractivity contribution in [3.63, 3.8) is 0 Å². The lowest BCUT2D eigenvalue weighted by atomic mass is 9.87. The standard InChI is InChI=1S/C18H15Cl3F2N4O3/c1-9-3-2-6-26(13(9)28)8-17(10-4-5-11(22)12(23)7-10)14(24)27(16(30)25-17)15(29)18(19,20)21/h2-7,13,24,28H,8H2,1H3,(H,25,30). The van der Waals surface area contributed by atoms with Crippen molar-refractivity contribution < 1.29 is 23.5 Å². The van der Waals surface area contributed by atoms with Crippen LogP contribution in [0.5, 0.6) is 0 Å². The van der Waals surface area contributed by atoms with Crippen molar-refractivity contribution in [1.82, 2.24) is 15.1 Å². The monoisotopic (exact) mass is 478 g/mol. The summed E-state index contributed by atoms with van der Waals surface area (Å²) >= 11 is 16.8. The van der Waals surface area contributed by atoms with Crippen molar-refractivity contribution in [2.75, 3.05) is 6.54 Å². The molecule has 0 aliphatic carbocycles. The summed E-state index contributed by atoms with van der Waals surface area (Å²) in [6.07, 6.45) is 3.63. The average Bonchev–Trinajstić information content (AvgIpc) is 2.90. The van der Waals surface area contributed by atoms with Gasteiger partial charge in [0.05, 0.1) is 6.54 Å². The summed E-state index contributed by atoms with van der Waals surface area (Å²) in [4.78, 5) is 26.7. The number of amides is 3. The van der Waals surface area contributed by atoms with Gasteiger partial charge in [0.2, 0.25) is 0 Å². The second kappa shape index (κ2) is 7.81. The molecule has 2 atom stereocenters. The van der Waals surface area contributed by atoms with Crippen LogP contribution in [0.15, 0.2) is 42.1 Å². The number of alkyl halides is 3. The van der Waals surface area contributed by atoms with Crippen molar-refractivity contribution in [1.29, 1.82) is 5.41 Å². The van der Waals surface area contributed by atoms with Gasteiger partial charge in [0.15, 0.2) is 11.6 Å².